The number of halogens is 2. The van der Waals surface area contributed by atoms with Gasteiger partial charge >= 0.3 is 11.1 Å². The van der Waals surface area contributed by atoms with Crippen molar-refractivity contribution in [3.63, 3.8) is 0 Å². The molecule has 34 heavy (non-hydrogen) atoms. The fraction of sp³-hybridized carbons (Fsp3) is 0.0870. The molecule has 0 aliphatic rings. The summed E-state index contributed by atoms with van der Waals surface area (Å²) in [4.78, 5) is 49.1. The van der Waals surface area contributed by atoms with Crippen LogP contribution in [0.3, 0.4) is 0 Å². The van der Waals surface area contributed by atoms with Crippen molar-refractivity contribution in [3.05, 3.63) is 113 Å². The molecule has 4 aromatic rings. The topological polar surface area (TPSA) is 116 Å². The summed E-state index contributed by atoms with van der Waals surface area (Å²) in [7, 11) is 0. The molecule has 0 spiro atoms. The number of hydrogen-bond acceptors (Lipinski definition) is 5. The molecule has 3 aromatic carbocycles. The minimum absolute atomic E-state index is 0.00803. The number of nitro groups is 1. The van der Waals surface area contributed by atoms with Crippen LogP contribution >= 0.6 is 23.2 Å². The highest BCUT2D eigenvalue weighted by molar-refractivity contribution is 6.33. The third-order valence-corrected chi connectivity index (χ3v) is 5.68. The number of anilines is 1. The van der Waals surface area contributed by atoms with E-state index >= 15 is 0 Å². The second kappa shape index (κ2) is 9.50. The molecule has 0 saturated carbocycles. The molecule has 0 bridgehead atoms. The monoisotopic (exact) mass is 498 g/mol. The van der Waals surface area contributed by atoms with Crippen molar-refractivity contribution in [1.29, 1.82) is 0 Å². The average Bonchev–Trinajstić information content (AvgIpc) is 2.81. The number of rotatable bonds is 6. The van der Waals surface area contributed by atoms with Crippen molar-refractivity contribution in [2.24, 2.45) is 0 Å². The van der Waals surface area contributed by atoms with E-state index in [-0.39, 0.29) is 28.5 Å². The Kier molecular flexibility index (Phi) is 6.49. The third-order valence-electron chi connectivity index (χ3n) is 5.11. The molecule has 4 rings (SSSR count). The zero-order valence-electron chi connectivity index (χ0n) is 17.4. The van der Waals surface area contributed by atoms with Gasteiger partial charge in [-0.1, -0.05) is 53.5 Å². The van der Waals surface area contributed by atoms with Gasteiger partial charge < -0.3 is 5.32 Å². The van der Waals surface area contributed by atoms with Crippen LogP contribution in [0.1, 0.15) is 5.56 Å². The number of benzene rings is 3. The maximum atomic E-state index is 13.0. The van der Waals surface area contributed by atoms with Gasteiger partial charge in [0, 0.05) is 17.2 Å². The molecule has 0 radical (unpaired) electrons. The predicted molar refractivity (Wildman–Crippen MR) is 130 cm³/mol. The molecule has 0 unspecified atom stereocenters. The lowest BCUT2D eigenvalue weighted by Crippen LogP contribution is -2.43. The Bertz CT molecular complexity index is 1550. The summed E-state index contributed by atoms with van der Waals surface area (Å²) in [5.74, 6) is -0.703. The first-order valence-corrected chi connectivity index (χ1v) is 10.7. The van der Waals surface area contributed by atoms with Gasteiger partial charge in [-0.15, -0.1) is 0 Å². The van der Waals surface area contributed by atoms with E-state index in [0.29, 0.717) is 10.5 Å². The number of nitrogens with one attached hydrogen (secondary N) is 1. The van der Waals surface area contributed by atoms with E-state index < -0.39 is 28.5 Å². The van der Waals surface area contributed by atoms with E-state index in [4.69, 9.17) is 23.2 Å². The molecule has 0 saturated heterocycles. The molecule has 0 aliphatic heterocycles. The SMILES string of the molecule is O=C(Cn1c(=O)c(=O)n(Cc2ccccc2)c2ccc(Cl)cc21)Nc1cc([N+](=O)[O-])ccc1Cl. The Balaban J connectivity index is 1.75. The van der Waals surface area contributed by atoms with Crippen LogP contribution in [0.5, 0.6) is 0 Å². The van der Waals surface area contributed by atoms with Crippen molar-refractivity contribution in [1.82, 2.24) is 9.13 Å². The lowest BCUT2D eigenvalue weighted by molar-refractivity contribution is -0.384. The maximum absolute atomic E-state index is 13.0. The summed E-state index contributed by atoms with van der Waals surface area (Å²) >= 11 is 12.2. The number of carbonyl (C=O) groups is 1. The van der Waals surface area contributed by atoms with Crippen LogP contribution in [0.15, 0.2) is 76.3 Å². The molecule has 0 atom stereocenters. The average molecular weight is 499 g/mol. The second-order valence-corrected chi connectivity index (χ2v) is 8.21. The number of carbonyl (C=O) groups excluding carboxylic acids is 1. The lowest BCUT2D eigenvalue weighted by Gasteiger charge is -2.16. The van der Waals surface area contributed by atoms with Gasteiger partial charge in [-0.05, 0) is 29.8 Å². The third kappa shape index (κ3) is 4.70. The molecule has 0 aliphatic carbocycles. The molecular weight excluding hydrogens is 483 g/mol. The summed E-state index contributed by atoms with van der Waals surface area (Å²) in [6, 6.07) is 17.4. The molecule has 11 heteroatoms. The lowest BCUT2D eigenvalue weighted by atomic mass is 10.2. The van der Waals surface area contributed by atoms with E-state index in [0.717, 1.165) is 16.2 Å². The summed E-state index contributed by atoms with van der Waals surface area (Å²) in [6.07, 6.45) is 0. The van der Waals surface area contributed by atoms with Crippen molar-refractivity contribution >= 4 is 51.5 Å². The first-order valence-electron chi connectivity index (χ1n) is 9.95. The minimum atomic E-state index is -0.911. The van der Waals surface area contributed by atoms with Gasteiger partial charge in [0.15, 0.2) is 0 Å². The highest BCUT2D eigenvalue weighted by Gasteiger charge is 2.18. The van der Waals surface area contributed by atoms with E-state index in [1.807, 2.05) is 30.3 Å². The Morgan fingerprint density at radius 2 is 1.62 bits per heavy atom. The molecule has 1 amide bonds. The largest absolute Gasteiger partial charge is 0.323 e. The molecule has 172 valence electrons. The molecule has 0 fully saturated rings. The fourth-order valence-electron chi connectivity index (χ4n) is 3.53. The molecular formula is C23H16Cl2N4O5. The molecule has 9 nitrogen and oxygen atoms in total. The zero-order valence-corrected chi connectivity index (χ0v) is 18.9. The van der Waals surface area contributed by atoms with Crippen LogP contribution in [-0.4, -0.2) is 20.0 Å². The summed E-state index contributed by atoms with van der Waals surface area (Å²) < 4.78 is 2.35. The van der Waals surface area contributed by atoms with E-state index in [1.165, 1.54) is 22.8 Å². The van der Waals surface area contributed by atoms with Gasteiger partial charge in [-0.25, -0.2) is 0 Å². The van der Waals surface area contributed by atoms with Crippen LogP contribution in [0.2, 0.25) is 10.0 Å². The highest BCUT2D eigenvalue weighted by atomic mass is 35.5. The van der Waals surface area contributed by atoms with E-state index in [1.54, 1.807) is 12.1 Å². The van der Waals surface area contributed by atoms with Crippen LogP contribution < -0.4 is 16.4 Å². The van der Waals surface area contributed by atoms with Crippen molar-refractivity contribution in [2.45, 2.75) is 13.1 Å². The van der Waals surface area contributed by atoms with E-state index in [9.17, 15) is 24.5 Å². The smallest absolute Gasteiger partial charge is 0.317 e. The predicted octanol–water partition coefficient (Wildman–Crippen LogP) is 4.07. The highest BCUT2D eigenvalue weighted by Crippen LogP contribution is 2.27. The van der Waals surface area contributed by atoms with Crippen molar-refractivity contribution < 1.29 is 9.72 Å². The quantitative estimate of drug-likeness (QED) is 0.244. The number of nitro benzene ring substituents is 1. The first kappa shape index (κ1) is 23.2. The van der Waals surface area contributed by atoms with Gasteiger partial charge in [-0.3, -0.25) is 33.6 Å². The number of hydrogen-bond donors (Lipinski definition) is 1. The number of non-ortho nitro benzene ring substituents is 1. The first-order chi connectivity index (χ1) is 16.2. The van der Waals surface area contributed by atoms with Crippen molar-refractivity contribution in [3.8, 4) is 0 Å². The van der Waals surface area contributed by atoms with Gasteiger partial charge in [0.2, 0.25) is 5.91 Å². The van der Waals surface area contributed by atoms with Gasteiger partial charge in [-0.2, -0.15) is 0 Å². The van der Waals surface area contributed by atoms with Crippen LogP contribution in [0, 0.1) is 10.1 Å². The van der Waals surface area contributed by atoms with Crippen LogP contribution in [-0.2, 0) is 17.9 Å². The Hall–Kier alpha value is -3.95. The summed E-state index contributed by atoms with van der Waals surface area (Å²) in [5, 5.41) is 13.9. The normalized spacial score (nSPS) is 10.9. The Labute approximate surface area is 201 Å². The minimum Gasteiger partial charge on any atom is -0.323 e. The molecule has 1 heterocycles. The van der Waals surface area contributed by atoms with Gasteiger partial charge in [0.25, 0.3) is 5.69 Å². The standard InChI is InChI=1S/C23H16Cl2N4O5/c24-15-6-9-19-20(10-15)28(23(32)22(31)27(19)12-14-4-2-1-3-5-14)13-21(30)26-18-11-16(29(33)34)7-8-17(18)25/h1-11H,12-13H2,(H,26,30). The number of nitrogens with zero attached hydrogens (tertiary/aromatic N) is 3. The molecule has 1 aromatic heterocycles. The van der Waals surface area contributed by atoms with Crippen molar-refractivity contribution in [2.75, 3.05) is 5.32 Å². The fourth-order valence-corrected chi connectivity index (χ4v) is 3.86. The van der Waals surface area contributed by atoms with Crippen LogP contribution in [0.4, 0.5) is 11.4 Å². The van der Waals surface area contributed by atoms with Crippen LogP contribution in [0.25, 0.3) is 11.0 Å². The number of amides is 1. The van der Waals surface area contributed by atoms with E-state index in [2.05, 4.69) is 5.32 Å². The summed E-state index contributed by atoms with van der Waals surface area (Å²) in [6.45, 7) is -0.376. The zero-order chi connectivity index (χ0) is 24.4. The number of aromatic nitrogens is 2. The Morgan fingerprint density at radius 1 is 0.912 bits per heavy atom. The second-order valence-electron chi connectivity index (χ2n) is 7.37. The van der Waals surface area contributed by atoms with Gasteiger partial charge in [0.05, 0.1) is 33.2 Å². The maximum Gasteiger partial charge on any atom is 0.317 e. The number of fused-ring (bicyclic) bond motifs is 1. The molecule has 1 N–H and O–H groups in total. The Morgan fingerprint density at radius 3 is 2.32 bits per heavy atom. The summed E-state index contributed by atoms with van der Waals surface area (Å²) in [5.41, 5.74) is -0.458. The van der Waals surface area contributed by atoms with Gasteiger partial charge in [0.1, 0.15) is 6.54 Å².